The van der Waals surface area contributed by atoms with Crippen LogP contribution in [0.3, 0.4) is 0 Å². The van der Waals surface area contributed by atoms with Crippen LogP contribution in [-0.2, 0) is 6.54 Å². The molecular weight excluding hydrogens is 354 g/mol. The highest BCUT2D eigenvalue weighted by atomic mass is 15.1. The summed E-state index contributed by atoms with van der Waals surface area (Å²) in [4.78, 5) is 8.72. The Labute approximate surface area is 177 Å². The van der Waals surface area contributed by atoms with Crippen LogP contribution in [0.5, 0.6) is 0 Å². The molecule has 0 saturated carbocycles. The molecule has 0 radical (unpaired) electrons. The number of piperidine rings is 1. The van der Waals surface area contributed by atoms with Gasteiger partial charge in [-0.1, -0.05) is 49.2 Å². The lowest BCUT2D eigenvalue weighted by Gasteiger charge is -2.33. The van der Waals surface area contributed by atoms with E-state index in [0.29, 0.717) is 5.69 Å². The van der Waals surface area contributed by atoms with Gasteiger partial charge >= 0.3 is 0 Å². The predicted octanol–water partition coefficient (Wildman–Crippen LogP) is 6.16. The Morgan fingerprint density at radius 2 is 1.90 bits per heavy atom. The number of rotatable bonds is 8. The zero-order valence-corrected chi connectivity index (χ0v) is 18.3. The van der Waals surface area contributed by atoms with Gasteiger partial charge in [0.25, 0.3) is 0 Å². The van der Waals surface area contributed by atoms with Gasteiger partial charge in [-0.2, -0.15) is 0 Å². The molecular formula is C26H35N3. The molecule has 1 fully saturated rings. The van der Waals surface area contributed by atoms with Crippen molar-refractivity contribution in [2.24, 2.45) is 5.92 Å². The third-order valence-electron chi connectivity index (χ3n) is 6.03. The van der Waals surface area contributed by atoms with Crippen molar-refractivity contribution < 1.29 is 0 Å². The number of benzene rings is 2. The Hall–Kier alpha value is -2.15. The van der Waals surface area contributed by atoms with Crippen molar-refractivity contribution in [2.75, 3.05) is 33.2 Å². The third-order valence-corrected chi connectivity index (χ3v) is 6.03. The van der Waals surface area contributed by atoms with Crippen LogP contribution in [0.2, 0.25) is 0 Å². The van der Waals surface area contributed by atoms with Crippen LogP contribution in [0.4, 0.5) is 5.69 Å². The van der Waals surface area contributed by atoms with Crippen molar-refractivity contribution in [3.8, 4) is 11.1 Å². The van der Waals surface area contributed by atoms with E-state index in [-0.39, 0.29) is 0 Å². The predicted molar refractivity (Wildman–Crippen MR) is 123 cm³/mol. The second-order valence-corrected chi connectivity index (χ2v) is 8.70. The molecule has 0 aromatic heterocycles. The smallest absolute Gasteiger partial charge is 0.187 e. The van der Waals surface area contributed by atoms with Crippen molar-refractivity contribution in [1.82, 2.24) is 9.80 Å². The van der Waals surface area contributed by atoms with E-state index in [4.69, 9.17) is 6.57 Å². The van der Waals surface area contributed by atoms with Gasteiger partial charge in [0.2, 0.25) is 0 Å². The maximum absolute atomic E-state index is 7.29. The van der Waals surface area contributed by atoms with Crippen LogP contribution >= 0.6 is 0 Å². The number of likely N-dealkylation sites (tertiary alicyclic amines) is 1. The molecule has 0 bridgehead atoms. The van der Waals surface area contributed by atoms with Gasteiger partial charge in [0.15, 0.2) is 5.69 Å². The summed E-state index contributed by atoms with van der Waals surface area (Å²) < 4.78 is 0. The molecule has 2 aromatic rings. The first-order chi connectivity index (χ1) is 14.1. The molecule has 3 heteroatoms. The van der Waals surface area contributed by atoms with Gasteiger partial charge in [-0.15, -0.1) is 0 Å². The highest BCUT2D eigenvalue weighted by molar-refractivity contribution is 5.69. The van der Waals surface area contributed by atoms with E-state index in [0.717, 1.165) is 18.0 Å². The minimum absolute atomic E-state index is 0.706. The standard InChI is InChI=1S/C26H35N3/c1-5-6-12-29(19-22-10-13-28(4)14-11-22)20-23-15-21(2)16-25(17-23)24-8-7-9-26(18-24)27-3/h7-9,15-18,22H,5-6,10-14,19-20H2,1-2,4H3. The molecule has 154 valence electrons. The minimum atomic E-state index is 0.706. The maximum atomic E-state index is 7.29. The van der Waals surface area contributed by atoms with Crippen molar-refractivity contribution >= 4 is 5.69 Å². The maximum Gasteiger partial charge on any atom is 0.187 e. The summed E-state index contributed by atoms with van der Waals surface area (Å²) in [5.74, 6) is 0.822. The van der Waals surface area contributed by atoms with Crippen LogP contribution in [0.15, 0.2) is 42.5 Å². The third kappa shape index (κ3) is 6.42. The molecule has 1 aliphatic heterocycles. The summed E-state index contributed by atoms with van der Waals surface area (Å²) in [7, 11) is 2.24. The molecule has 1 aliphatic rings. The number of nitrogens with zero attached hydrogens (tertiary/aromatic N) is 3. The lowest BCUT2D eigenvalue weighted by Crippen LogP contribution is -2.37. The van der Waals surface area contributed by atoms with Crippen LogP contribution in [0, 0.1) is 19.4 Å². The van der Waals surface area contributed by atoms with Crippen molar-refractivity contribution in [3.05, 3.63) is 65.0 Å². The van der Waals surface area contributed by atoms with E-state index < -0.39 is 0 Å². The highest BCUT2D eigenvalue weighted by Gasteiger charge is 2.19. The van der Waals surface area contributed by atoms with Gasteiger partial charge in [-0.3, -0.25) is 4.90 Å². The van der Waals surface area contributed by atoms with E-state index in [9.17, 15) is 0 Å². The number of hydrogen-bond acceptors (Lipinski definition) is 2. The largest absolute Gasteiger partial charge is 0.306 e. The van der Waals surface area contributed by atoms with Crippen LogP contribution < -0.4 is 0 Å². The SMILES string of the molecule is [C-]#[N+]c1cccc(-c2cc(C)cc(CN(CCCC)CC3CCN(C)CC3)c2)c1. The Bertz CT molecular complexity index is 828. The highest BCUT2D eigenvalue weighted by Crippen LogP contribution is 2.27. The fourth-order valence-electron chi connectivity index (χ4n) is 4.36. The summed E-state index contributed by atoms with van der Waals surface area (Å²) in [6.45, 7) is 17.6. The van der Waals surface area contributed by atoms with Gasteiger partial charge in [-0.05, 0) is 87.6 Å². The molecule has 3 nitrogen and oxygen atoms in total. The molecule has 1 heterocycles. The lowest BCUT2D eigenvalue weighted by atomic mass is 9.95. The first kappa shape index (κ1) is 21.6. The minimum Gasteiger partial charge on any atom is -0.306 e. The Kier molecular flexibility index (Phi) is 7.86. The van der Waals surface area contributed by atoms with Crippen LogP contribution in [0.1, 0.15) is 43.7 Å². The molecule has 0 aliphatic carbocycles. The quantitative estimate of drug-likeness (QED) is 0.501. The van der Waals surface area contributed by atoms with Crippen LogP contribution in [-0.4, -0.2) is 43.0 Å². The normalized spacial score (nSPS) is 15.6. The molecule has 0 unspecified atom stereocenters. The molecule has 0 N–H and O–H groups in total. The molecule has 1 saturated heterocycles. The Morgan fingerprint density at radius 1 is 1.10 bits per heavy atom. The van der Waals surface area contributed by atoms with E-state index >= 15 is 0 Å². The molecule has 0 amide bonds. The molecule has 29 heavy (non-hydrogen) atoms. The Balaban J connectivity index is 1.76. The molecule has 0 spiro atoms. The van der Waals surface area contributed by atoms with Crippen molar-refractivity contribution in [1.29, 1.82) is 0 Å². The second kappa shape index (κ2) is 10.6. The average Bonchev–Trinajstić information content (AvgIpc) is 2.73. The number of hydrogen-bond donors (Lipinski definition) is 0. The van der Waals surface area contributed by atoms with Gasteiger partial charge in [0.1, 0.15) is 0 Å². The number of aryl methyl sites for hydroxylation is 1. The second-order valence-electron chi connectivity index (χ2n) is 8.70. The Morgan fingerprint density at radius 3 is 2.62 bits per heavy atom. The van der Waals surface area contributed by atoms with Crippen molar-refractivity contribution in [2.45, 2.75) is 46.1 Å². The van der Waals surface area contributed by atoms with E-state index in [2.05, 4.69) is 59.8 Å². The summed E-state index contributed by atoms with van der Waals surface area (Å²) >= 11 is 0. The summed E-state index contributed by atoms with van der Waals surface area (Å²) in [5, 5.41) is 0. The fourth-order valence-corrected chi connectivity index (χ4v) is 4.36. The lowest BCUT2D eigenvalue weighted by molar-refractivity contribution is 0.155. The molecule has 3 rings (SSSR count). The number of unbranched alkanes of at least 4 members (excludes halogenated alkanes) is 1. The summed E-state index contributed by atoms with van der Waals surface area (Å²) in [6.07, 6.45) is 5.15. The summed E-state index contributed by atoms with van der Waals surface area (Å²) in [6, 6.07) is 14.9. The summed E-state index contributed by atoms with van der Waals surface area (Å²) in [5.41, 5.74) is 5.74. The van der Waals surface area contributed by atoms with Crippen molar-refractivity contribution in [3.63, 3.8) is 0 Å². The first-order valence-corrected chi connectivity index (χ1v) is 11.1. The zero-order chi connectivity index (χ0) is 20.6. The van der Waals surface area contributed by atoms with E-state index in [1.807, 2.05) is 18.2 Å². The van der Waals surface area contributed by atoms with Gasteiger partial charge in [0.05, 0.1) is 6.57 Å². The van der Waals surface area contributed by atoms with E-state index in [1.165, 1.54) is 68.6 Å². The van der Waals surface area contributed by atoms with Crippen LogP contribution in [0.25, 0.3) is 16.0 Å². The van der Waals surface area contributed by atoms with Gasteiger partial charge in [0, 0.05) is 13.1 Å². The molecule has 2 aromatic carbocycles. The monoisotopic (exact) mass is 389 g/mol. The fraction of sp³-hybridized carbons (Fsp3) is 0.500. The zero-order valence-electron chi connectivity index (χ0n) is 18.3. The topological polar surface area (TPSA) is 10.8 Å². The van der Waals surface area contributed by atoms with Gasteiger partial charge < -0.3 is 4.90 Å². The molecule has 0 atom stereocenters. The first-order valence-electron chi connectivity index (χ1n) is 11.1. The average molecular weight is 390 g/mol. The van der Waals surface area contributed by atoms with E-state index in [1.54, 1.807) is 0 Å². The van der Waals surface area contributed by atoms with Gasteiger partial charge in [-0.25, -0.2) is 4.85 Å².